The van der Waals surface area contributed by atoms with Gasteiger partial charge in [-0.3, -0.25) is 0 Å². The molecule has 1 rings (SSSR count). The highest BCUT2D eigenvalue weighted by atomic mass is 79.9. The Kier molecular flexibility index (Phi) is 10.9. The monoisotopic (exact) mass is 352 g/mol. The van der Waals surface area contributed by atoms with Gasteiger partial charge in [0.1, 0.15) is 0 Å². The minimum Gasteiger partial charge on any atom is -0.0876 e. The van der Waals surface area contributed by atoms with Gasteiger partial charge in [0.25, 0.3) is 0 Å². The molecular formula is C20H33Br. The van der Waals surface area contributed by atoms with Crippen LogP contribution in [0.3, 0.4) is 0 Å². The van der Waals surface area contributed by atoms with Gasteiger partial charge in [-0.25, -0.2) is 0 Å². The van der Waals surface area contributed by atoms with Gasteiger partial charge in [-0.05, 0) is 23.5 Å². The molecule has 0 spiro atoms. The van der Waals surface area contributed by atoms with Crippen molar-refractivity contribution in [1.29, 1.82) is 0 Å². The molecule has 0 amide bonds. The topological polar surface area (TPSA) is 0 Å². The number of halogens is 1. The molecule has 21 heavy (non-hydrogen) atoms. The Morgan fingerprint density at radius 2 is 1.33 bits per heavy atom. The van der Waals surface area contributed by atoms with E-state index in [1.165, 1.54) is 75.3 Å². The average Bonchev–Trinajstić information content (AvgIpc) is 2.53. The van der Waals surface area contributed by atoms with E-state index in [0.29, 0.717) is 5.92 Å². The van der Waals surface area contributed by atoms with E-state index in [-0.39, 0.29) is 0 Å². The van der Waals surface area contributed by atoms with Crippen LogP contribution in [-0.2, 0) is 5.33 Å². The maximum Gasteiger partial charge on any atom is 0.0283 e. The molecule has 0 heterocycles. The van der Waals surface area contributed by atoms with Gasteiger partial charge in [-0.1, -0.05) is 112 Å². The minimum absolute atomic E-state index is 0.707. The van der Waals surface area contributed by atoms with Gasteiger partial charge in [0.05, 0.1) is 0 Å². The van der Waals surface area contributed by atoms with Crippen LogP contribution in [0.1, 0.15) is 95.1 Å². The SMILES string of the molecule is CCCCCCCCCCCC(C)c1ccc(CBr)cc1. The molecule has 0 aliphatic rings. The fourth-order valence-electron chi connectivity index (χ4n) is 2.86. The molecule has 0 nitrogen and oxygen atoms in total. The van der Waals surface area contributed by atoms with Gasteiger partial charge in [0.2, 0.25) is 0 Å². The van der Waals surface area contributed by atoms with Crippen molar-refractivity contribution in [3.05, 3.63) is 35.4 Å². The standard InChI is InChI=1S/C20H33Br/c1-3-4-5-6-7-8-9-10-11-12-18(2)20-15-13-19(17-21)14-16-20/h13-16,18H,3-12,17H2,1-2H3. The van der Waals surface area contributed by atoms with Crippen molar-refractivity contribution in [2.75, 3.05) is 0 Å². The van der Waals surface area contributed by atoms with Crippen LogP contribution >= 0.6 is 15.9 Å². The van der Waals surface area contributed by atoms with Crippen LogP contribution in [0.5, 0.6) is 0 Å². The molecule has 0 fully saturated rings. The Morgan fingerprint density at radius 1 is 0.810 bits per heavy atom. The van der Waals surface area contributed by atoms with E-state index in [4.69, 9.17) is 0 Å². The largest absolute Gasteiger partial charge is 0.0876 e. The Balaban J connectivity index is 2.03. The number of rotatable bonds is 12. The lowest BCUT2D eigenvalue weighted by Gasteiger charge is -2.12. The highest BCUT2D eigenvalue weighted by molar-refractivity contribution is 9.08. The number of unbranched alkanes of at least 4 members (excludes halogenated alkanes) is 8. The van der Waals surface area contributed by atoms with Crippen LogP contribution < -0.4 is 0 Å². The van der Waals surface area contributed by atoms with E-state index in [1.807, 2.05) is 0 Å². The third-order valence-corrected chi connectivity index (χ3v) is 5.09. The molecule has 120 valence electrons. The summed E-state index contributed by atoms with van der Waals surface area (Å²) in [6, 6.07) is 9.09. The van der Waals surface area contributed by atoms with Crippen LogP contribution in [0, 0.1) is 0 Å². The summed E-state index contributed by atoms with van der Waals surface area (Å²) < 4.78 is 0. The number of hydrogen-bond acceptors (Lipinski definition) is 0. The fraction of sp³-hybridized carbons (Fsp3) is 0.700. The van der Waals surface area contributed by atoms with E-state index < -0.39 is 0 Å². The Morgan fingerprint density at radius 3 is 1.86 bits per heavy atom. The second-order valence-electron chi connectivity index (χ2n) is 6.39. The van der Waals surface area contributed by atoms with E-state index in [0.717, 1.165) is 5.33 Å². The molecule has 0 N–H and O–H groups in total. The zero-order valence-corrected chi connectivity index (χ0v) is 15.6. The Labute approximate surface area is 140 Å². The lowest BCUT2D eigenvalue weighted by Crippen LogP contribution is -1.94. The second kappa shape index (κ2) is 12.3. The van der Waals surface area contributed by atoms with Gasteiger partial charge in [0, 0.05) is 5.33 Å². The molecule has 0 aliphatic heterocycles. The predicted molar refractivity (Wildman–Crippen MR) is 99.3 cm³/mol. The number of hydrogen-bond donors (Lipinski definition) is 0. The van der Waals surface area contributed by atoms with Crippen molar-refractivity contribution < 1.29 is 0 Å². The Bertz CT molecular complexity index is 341. The summed E-state index contributed by atoms with van der Waals surface area (Å²) in [5.41, 5.74) is 2.87. The second-order valence-corrected chi connectivity index (χ2v) is 6.95. The molecule has 0 radical (unpaired) electrons. The van der Waals surface area contributed by atoms with Gasteiger partial charge in [0.15, 0.2) is 0 Å². The minimum atomic E-state index is 0.707. The first-order chi connectivity index (χ1) is 10.3. The zero-order valence-electron chi connectivity index (χ0n) is 14.0. The van der Waals surface area contributed by atoms with Crippen molar-refractivity contribution in [2.45, 2.75) is 89.3 Å². The van der Waals surface area contributed by atoms with Crippen LogP contribution in [0.25, 0.3) is 0 Å². The molecule has 0 bridgehead atoms. The molecule has 1 heteroatoms. The highest BCUT2D eigenvalue weighted by Crippen LogP contribution is 2.23. The maximum absolute atomic E-state index is 3.50. The molecule has 0 aromatic heterocycles. The summed E-state index contributed by atoms with van der Waals surface area (Å²) in [6.07, 6.45) is 14.1. The van der Waals surface area contributed by atoms with Crippen molar-refractivity contribution in [3.8, 4) is 0 Å². The molecule has 0 saturated heterocycles. The van der Waals surface area contributed by atoms with Crippen molar-refractivity contribution >= 4 is 15.9 Å². The third kappa shape index (κ3) is 8.66. The first-order valence-corrected chi connectivity index (χ1v) is 10.0. The Hall–Kier alpha value is -0.300. The van der Waals surface area contributed by atoms with E-state index in [1.54, 1.807) is 0 Å². The van der Waals surface area contributed by atoms with Crippen LogP contribution in [0.15, 0.2) is 24.3 Å². The summed E-state index contributed by atoms with van der Waals surface area (Å²) in [5.74, 6) is 0.707. The van der Waals surface area contributed by atoms with E-state index in [2.05, 4.69) is 54.0 Å². The quantitative estimate of drug-likeness (QED) is 0.268. The third-order valence-electron chi connectivity index (χ3n) is 4.44. The summed E-state index contributed by atoms with van der Waals surface area (Å²) in [5, 5.41) is 0.958. The summed E-state index contributed by atoms with van der Waals surface area (Å²) in [7, 11) is 0. The van der Waals surface area contributed by atoms with Crippen molar-refractivity contribution in [3.63, 3.8) is 0 Å². The lowest BCUT2D eigenvalue weighted by atomic mass is 9.94. The average molecular weight is 353 g/mol. The molecule has 1 atom stereocenters. The summed E-state index contributed by atoms with van der Waals surface area (Å²) >= 11 is 3.50. The van der Waals surface area contributed by atoms with Crippen molar-refractivity contribution in [1.82, 2.24) is 0 Å². The maximum atomic E-state index is 3.50. The van der Waals surface area contributed by atoms with Gasteiger partial charge in [-0.15, -0.1) is 0 Å². The summed E-state index contributed by atoms with van der Waals surface area (Å²) in [4.78, 5) is 0. The van der Waals surface area contributed by atoms with Crippen LogP contribution in [0.4, 0.5) is 0 Å². The highest BCUT2D eigenvalue weighted by Gasteiger charge is 2.05. The lowest BCUT2D eigenvalue weighted by molar-refractivity contribution is 0.538. The molecule has 1 unspecified atom stereocenters. The predicted octanol–water partition coefficient (Wildman–Crippen LogP) is 7.61. The number of alkyl halides is 1. The molecule has 1 aromatic carbocycles. The first kappa shape index (κ1) is 18.7. The first-order valence-electron chi connectivity index (χ1n) is 8.92. The molecule has 1 aromatic rings. The smallest absolute Gasteiger partial charge is 0.0283 e. The molecule has 0 aliphatic carbocycles. The fourth-order valence-corrected chi connectivity index (χ4v) is 3.24. The molecule has 0 saturated carbocycles. The van der Waals surface area contributed by atoms with Crippen LogP contribution in [-0.4, -0.2) is 0 Å². The zero-order chi connectivity index (χ0) is 15.3. The van der Waals surface area contributed by atoms with Gasteiger partial charge in [-0.2, -0.15) is 0 Å². The van der Waals surface area contributed by atoms with Crippen molar-refractivity contribution in [2.24, 2.45) is 0 Å². The molecular weight excluding hydrogens is 320 g/mol. The number of benzene rings is 1. The van der Waals surface area contributed by atoms with Crippen LogP contribution in [0.2, 0.25) is 0 Å². The van der Waals surface area contributed by atoms with Gasteiger partial charge >= 0.3 is 0 Å². The normalized spacial score (nSPS) is 12.5. The summed E-state index contributed by atoms with van der Waals surface area (Å²) in [6.45, 7) is 4.66. The van der Waals surface area contributed by atoms with Gasteiger partial charge < -0.3 is 0 Å². The van der Waals surface area contributed by atoms with E-state index >= 15 is 0 Å². The van der Waals surface area contributed by atoms with E-state index in [9.17, 15) is 0 Å².